The van der Waals surface area contributed by atoms with Gasteiger partial charge in [0, 0.05) is 6.54 Å². The Hall–Kier alpha value is -2.33. The van der Waals surface area contributed by atoms with Crippen molar-refractivity contribution in [2.45, 2.75) is 13.2 Å². The van der Waals surface area contributed by atoms with Crippen molar-refractivity contribution >= 4 is 5.91 Å². The molecule has 0 fully saturated rings. The number of para-hydroxylation sites is 1. The quantitative estimate of drug-likeness (QED) is 0.843. The summed E-state index contributed by atoms with van der Waals surface area (Å²) in [6.07, 6.45) is 0. The van der Waals surface area contributed by atoms with Gasteiger partial charge in [0.05, 0.1) is 6.61 Å². The number of hydrogen-bond acceptors (Lipinski definition) is 3. The van der Waals surface area contributed by atoms with E-state index in [-0.39, 0.29) is 19.1 Å². The molecule has 0 bridgehead atoms. The van der Waals surface area contributed by atoms with Crippen LogP contribution in [0.3, 0.4) is 0 Å². The lowest BCUT2D eigenvalue weighted by Crippen LogP contribution is -2.28. The smallest absolute Gasteiger partial charge is 0.258 e. The van der Waals surface area contributed by atoms with Crippen LogP contribution in [0.4, 0.5) is 0 Å². The van der Waals surface area contributed by atoms with E-state index in [2.05, 4.69) is 5.32 Å². The van der Waals surface area contributed by atoms with E-state index in [0.717, 1.165) is 11.1 Å². The number of ether oxygens (including phenoxy) is 1. The first-order valence-corrected chi connectivity index (χ1v) is 6.42. The number of carbonyl (C=O) groups is 1. The van der Waals surface area contributed by atoms with Crippen LogP contribution >= 0.6 is 0 Å². The third-order valence-corrected chi connectivity index (χ3v) is 2.88. The third kappa shape index (κ3) is 4.10. The van der Waals surface area contributed by atoms with Crippen LogP contribution in [0.5, 0.6) is 5.75 Å². The molecule has 4 heteroatoms. The molecule has 0 spiro atoms. The highest BCUT2D eigenvalue weighted by Gasteiger charge is 2.05. The monoisotopic (exact) mass is 271 g/mol. The number of rotatable bonds is 6. The minimum Gasteiger partial charge on any atom is -0.484 e. The lowest BCUT2D eigenvalue weighted by Gasteiger charge is -2.09. The van der Waals surface area contributed by atoms with Crippen LogP contribution in [-0.4, -0.2) is 17.6 Å². The molecule has 20 heavy (non-hydrogen) atoms. The zero-order valence-electron chi connectivity index (χ0n) is 11.1. The molecule has 0 heterocycles. The Morgan fingerprint density at radius 3 is 2.35 bits per heavy atom. The van der Waals surface area contributed by atoms with Crippen molar-refractivity contribution in [1.29, 1.82) is 0 Å². The summed E-state index contributed by atoms with van der Waals surface area (Å²) < 4.78 is 5.35. The van der Waals surface area contributed by atoms with Gasteiger partial charge >= 0.3 is 0 Å². The highest BCUT2D eigenvalue weighted by molar-refractivity contribution is 5.77. The molecular formula is C16H17NO3. The SMILES string of the molecule is O=C(COc1ccccc1)NCc1ccccc1CO. The van der Waals surface area contributed by atoms with Crippen LogP contribution in [0.1, 0.15) is 11.1 Å². The molecule has 0 aliphatic rings. The van der Waals surface area contributed by atoms with E-state index in [4.69, 9.17) is 4.74 Å². The van der Waals surface area contributed by atoms with Gasteiger partial charge in [-0.15, -0.1) is 0 Å². The Morgan fingerprint density at radius 2 is 1.65 bits per heavy atom. The van der Waals surface area contributed by atoms with Crippen molar-refractivity contribution in [1.82, 2.24) is 5.32 Å². The maximum Gasteiger partial charge on any atom is 0.258 e. The molecule has 0 radical (unpaired) electrons. The van der Waals surface area contributed by atoms with Crippen molar-refractivity contribution in [2.24, 2.45) is 0 Å². The van der Waals surface area contributed by atoms with Crippen molar-refractivity contribution in [2.75, 3.05) is 6.61 Å². The second-order valence-corrected chi connectivity index (χ2v) is 4.31. The van der Waals surface area contributed by atoms with Gasteiger partial charge in [0.25, 0.3) is 5.91 Å². The molecule has 0 atom stereocenters. The average molecular weight is 271 g/mol. The van der Waals surface area contributed by atoms with Gasteiger partial charge in [0.1, 0.15) is 5.75 Å². The van der Waals surface area contributed by atoms with Gasteiger partial charge in [0.2, 0.25) is 0 Å². The summed E-state index contributed by atoms with van der Waals surface area (Å²) in [5.41, 5.74) is 1.72. The van der Waals surface area contributed by atoms with Crippen molar-refractivity contribution in [3.05, 3.63) is 65.7 Å². The molecular weight excluding hydrogens is 254 g/mol. The zero-order chi connectivity index (χ0) is 14.2. The molecule has 0 saturated heterocycles. The van der Waals surface area contributed by atoms with E-state index >= 15 is 0 Å². The van der Waals surface area contributed by atoms with Crippen molar-refractivity contribution in [3.8, 4) is 5.75 Å². The van der Waals surface area contributed by atoms with Crippen LogP contribution in [0.2, 0.25) is 0 Å². The normalized spacial score (nSPS) is 10.1. The summed E-state index contributed by atoms with van der Waals surface area (Å²) in [6.45, 7) is 0.325. The van der Waals surface area contributed by atoms with Crippen LogP contribution in [0.25, 0.3) is 0 Å². The largest absolute Gasteiger partial charge is 0.484 e. The van der Waals surface area contributed by atoms with E-state index in [1.165, 1.54) is 0 Å². The second kappa shape index (κ2) is 7.31. The summed E-state index contributed by atoms with van der Waals surface area (Å²) >= 11 is 0. The molecule has 2 N–H and O–H groups in total. The van der Waals surface area contributed by atoms with E-state index < -0.39 is 0 Å². The van der Waals surface area contributed by atoms with Crippen LogP contribution in [-0.2, 0) is 17.9 Å². The van der Waals surface area contributed by atoms with Crippen LogP contribution in [0, 0.1) is 0 Å². The summed E-state index contributed by atoms with van der Waals surface area (Å²) in [6, 6.07) is 16.6. The fourth-order valence-corrected chi connectivity index (χ4v) is 1.79. The first kappa shape index (κ1) is 14.1. The Bertz CT molecular complexity index is 555. The van der Waals surface area contributed by atoms with E-state index in [0.29, 0.717) is 12.3 Å². The molecule has 104 valence electrons. The Balaban J connectivity index is 1.80. The molecule has 0 aromatic heterocycles. The zero-order valence-corrected chi connectivity index (χ0v) is 11.1. The number of benzene rings is 2. The first-order chi connectivity index (χ1) is 9.79. The highest BCUT2D eigenvalue weighted by Crippen LogP contribution is 2.09. The van der Waals surface area contributed by atoms with Gasteiger partial charge in [-0.3, -0.25) is 4.79 Å². The molecule has 2 aromatic carbocycles. The summed E-state index contributed by atoms with van der Waals surface area (Å²) in [7, 11) is 0. The summed E-state index contributed by atoms with van der Waals surface area (Å²) in [5.74, 6) is 0.472. The van der Waals surface area contributed by atoms with E-state index in [1.54, 1.807) is 12.1 Å². The molecule has 4 nitrogen and oxygen atoms in total. The lowest BCUT2D eigenvalue weighted by molar-refractivity contribution is -0.123. The summed E-state index contributed by atoms with van der Waals surface area (Å²) in [4.78, 5) is 11.7. The maximum atomic E-state index is 11.7. The van der Waals surface area contributed by atoms with Crippen molar-refractivity contribution < 1.29 is 14.6 Å². The average Bonchev–Trinajstić information content (AvgIpc) is 2.52. The van der Waals surface area contributed by atoms with Crippen LogP contribution < -0.4 is 10.1 Å². The Kier molecular flexibility index (Phi) is 5.15. The Labute approximate surface area is 118 Å². The number of aliphatic hydroxyl groups excluding tert-OH is 1. The van der Waals surface area contributed by atoms with Crippen LogP contribution in [0.15, 0.2) is 54.6 Å². The molecule has 0 aliphatic heterocycles. The molecule has 2 rings (SSSR count). The fraction of sp³-hybridized carbons (Fsp3) is 0.188. The predicted octanol–water partition coefficient (Wildman–Crippen LogP) is 1.87. The predicted molar refractivity (Wildman–Crippen MR) is 76.1 cm³/mol. The minimum absolute atomic E-state index is 0.0225. The maximum absolute atomic E-state index is 11.7. The first-order valence-electron chi connectivity index (χ1n) is 6.42. The molecule has 0 saturated carbocycles. The molecule has 0 aliphatic carbocycles. The molecule has 1 amide bonds. The standard InChI is InChI=1S/C16H17NO3/c18-11-14-7-5-4-6-13(14)10-17-16(19)12-20-15-8-2-1-3-9-15/h1-9,18H,10-12H2,(H,17,19). The second-order valence-electron chi connectivity index (χ2n) is 4.31. The van der Waals surface area contributed by atoms with E-state index in [9.17, 15) is 9.90 Å². The van der Waals surface area contributed by atoms with Crippen molar-refractivity contribution in [3.63, 3.8) is 0 Å². The third-order valence-electron chi connectivity index (χ3n) is 2.88. The minimum atomic E-state index is -0.193. The van der Waals surface area contributed by atoms with E-state index in [1.807, 2.05) is 42.5 Å². The van der Waals surface area contributed by atoms with Gasteiger partial charge in [-0.1, -0.05) is 42.5 Å². The Morgan fingerprint density at radius 1 is 1.00 bits per heavy atom. The van der Waals surface area contributed by atoms with Gasteiger partial charge in [0.15, 0.2) is 6.61 Å². The number of aliphatic hydroxyl groups is 1. The fourth-order valence-electron chi connectivity index (χ4n) is 1.79. The molecule has 0 unspecified atom stereocenters. The molecule has 2 aromatic rings. The van der Waals surface area contributed by atoms with Gasteiger partial charge in [-0.25, -0.2) is 0 Å². The summed E-state index contributed by atoms with van der Waals surface area (Å²) in [5, 5.41) is 12.0. The van der Waals surface area contributed by atoms with Gasteiger partial charge in [-0.05, 0) is 23.3 Å². The number of nitrogens with one attached hydrogen (secondary N) is 1. The number of hydrogen-bond donors (Lipinski definition) is 2. The van der Waals surface area contributed by atoms with Gasteiger partial charge in [-0.2, -0.15) is 0 Å². The lowest BCUT2D eigenvalue weighted by atomic mass is 10.1. The highest BCUT2D eigenvalue weighted by atomic mass is 16.5. The number of amides is 1. The number of carbonyl (C=O) groups excluding carboxylic acids is 1. The van der Waals surface area contributed by atoms with Gasteiger partial charge < -0.3 is 15.2 Å². The topological polar surface area (TPSA) is 58.6 Å².